The van der Waals surface area contributed by atoms with E-state index in [9.17, 15) is 4.79 Å². The molecule has 0 aliphatic carbocycles. The predicted molar refractivity (Wildman–Crippen MR) is 88.8 cm³/mol. The van der Waals surface area contributed by atoms with Crippen LogP contribution in [-0.2, 0) is 11.2 Å². The molecule has 0 unspecified atom stereocenters. The molecule has 1 N–H and O–H groups in total. The van der Waals surface area contributed by atoms with E-state index in [1.54, 1.807) is 6.92 Å². The Morgan fingerprint density at radius 2 is 2.08 bits per heavy atom. The van der Waals surface area contributed by atoms with Gasteiger partial charge in [0, 0.05) is 6.54 Å². The average Bonchev–Trinajstić information content (AvgIpc) is 3.05. The van der Waals surface area contributed by atoms with Gasteiger partial charge in [0.1, 0.15) is 17.5 Å². The van der Waals surface area contributed by atoms with Crippen molar-refractivity contribution in [2.45, 2.75) is 19.8 Å². The fraction of sp³-hybridized carbons (Fsp3) is 0.294. The van der Waals surface area contributed by atoms with E-state index in [0.29, 0.717) is 17.7 Å². The van der Waals surface area contributed by atoms with E-state index in [1.165, 1.54) is 11.9 Å². The van der Waals surface area contributed by atoms with Gasteiger partial charge in [0.2, 0.25) is 5.69 Å². The van der Waals surface area contributed by atoms with E-state index in [2.05, 4.69) is 32.6 Å². The molecule has 0 atom stereocenters. The number of anilines is 1. The zero-order chi connectivity index (χ0) is 16.8. The second kappa shape index (κ2) is 7.54. The number of aromatic nitrogens is 3. The lowest BCUT2D eigenvalue weighted by Crippen LogP contribution is -2.09. The summed E-state index contributed by atoms with van der Waals surface area (Å²) in [4.78, 5) is 20.1. The molecule has 0 saturated heterocycles. The first-order valence-corrected chi connectivity index (χ1v) is 7.85. The van der Waals surface area contributed by atoms with Gasteiger partial charge in [-0.1, -0.05) is 35.5 Å². The van der Waals surface area contributed by atoms with Gasteiger partial charge in [0.15, 0.2) is 0 Å². The molecule has 0 bridgehead atoms. The van der Waals surface area contributed by atoms with Gasteiger partial charge in [-0.05, 0) is 25.3 Å². The Morgan fingerprint density at radius 3 is 2.88 bits per heavy atom. The lowest BCUT2D eigenvalue weighted by Gasteiger charge is -2.06. The summed E-state index contributed by atoms with van der Waals surface area (Å²) in [5.74, 6) is -0.0178. The van der Waals surface area contributed by atoms with Crippen LogP contribution in [0.4, 0.5) is 5.82 Å². The largest absolute Gasteiger partial charge is 0.461 e. The van der Waals surface area contributed by atoms with Crippen LogP contribution in [0.1, 0.15) is 29.4 Å². The lowest BCUT2D eigenvalue weighted by atomic mass is 10.1. The van der Waals surface area contributed by atoms with Crippen molar-refractivity contribution in [2.24, 2.45) is 0 Å². The van der Waals surface area contributed by atoms with Crippen molar-refractivity contribution in [2.75, 3.05) is 18.5 Å². The molecule has 1 aromatic carbocycles. The second-order valence-corrected chi connectivity index (χ2v) is 5.17. The smallest absolute Gasteiger partial charge is 0.361 e. The summed E-state index contributed by atoms with van der Waals surface area (Å²) in [5.41, 5.74) is 1.64. The van der Waals surface area contributed by atoms with Gasteiger partial charge < -0.3 is 14.6 Å². The molecule has 124 valence electrons. The van der Waals surface area contributed by atoms with Gasteiger partial charge in [0.05, 0.1) is 6.61 Å². The second-order valence-electron chi connectivity index (χ2n) is 5.17. The van der Waals surface area contributed by atoms with Crippen LogP contribution in [0.3, 0.4) is 0 Å². The first-order valence-electron chi connectivity index (χ1n) is 7.85. The van der Waals surface area contributed by atoms with E-state index in [1.807, 2.05) is 18.2 Å². The van der Waals surface area contributed by atoms with E-state index in [0.717, 1.165) is 12.8 Å². The van der Waals surface area contributed by atoms with Crippen molar-refractivity contribution in [1.29, 1.82) is 0 Å². The van der Waals surface area contributed by atoms with Gasteiger partial charge >= 0.3 is 5.97 Å². The van der Waals surface area contributed by atoms with Crippen LogP contribution in [-0.4, -0.2) is 34.2 Å². The molecule has 2 aromatic heterocycles. The third kappa shape index (κ3) is 3.51. The minimum absolute atomic E-state index is 0.0954. The highest BCUT2D eigenvalue weighted by Crippen LogP contribution is 2.23. The van der Waals surface area contributed by atoms with Gasteiger partial charge in [0.25, 0.3) is 5.71 Å². The number of esters is 1. The maximum Gasteiger partial charge on any atom is 0.361 e. The van der Waals surface area contributed by atoms with E-state index in [4.69, 9.17) is 9.26 Å². The summed E-state index contributed by atoms with van der Waals surface area (Å²) in [6, 6.07) is 10.3. The summed E-state index contributed by atoms with van der Waals surface area (Å²) >= 11 is 0. The number of hydrogen-bond donors (Lipinski definition) is 1. The number of hydrogen-bond acceptors (Lipinski definition) is 7. The van der Waals surface area contributed by atoms with E-state index < -0.39 is 5.97 Å². The van der Waals surface area contributed by atoms with Crippen LogP contribution in [0.5, 0.6) is 0 Å². The highest BCUT2D eigenvalue weighted by molar-refractivity contribution is 6.04. The Labute approximate surface area is 139 Å². The minimum Gasteiger partial charge on any atom is -0.461 e. The maximum absolute atomic E-state index is 12.0. The first-order chi connectivity index (χ1) is 11.8. The highest BCUT2D eigenvalue weighted by Gasteiger charge is 2.21. The Kier molecular flexibility index (Phi) is 5.00. The van der Waals surface area contributed by atoms with Crippen molar-refractivity contribution >= 4 is 22.9 Å². The molecule has 0 spiro atoms. The molecule has 0 radical (unpaired) electrons. The van der Waals surface area contributed by atoms with Crippen LogP contribution in [0, 0.1) is 0 Å². The van der Waals surface area contributed by atoms with Crippen molar-refractivity contribution in [3.05, 3.63) is 47.9 Å². The zero-order valence-electron chi connectivity index (χ0n) is 13.4. The van der Waals surface area contributed by atoms with Crippen molar-refractivity contribution < 1.29 is 14.1 Å². The SMILES string of the molecule is CCOC(=O)c1noc2ncnc(NCCCc3ccccc3)c12. The Hall–Kier alpha value is -2.96. The van der Waals surface area contributed by atoms with Crippen molar-refractivity contribution in [1.82, 2.24) is 15.1 Å². The average molecular weight is 326 g/mol. The summed E-state index contributed by atoms with van der Waals surface area (Å²) < 4.78 is 10.1. The molecule has 3 rings (SSSR count). The van der Waals surface area contributed by atoms with E-state index in [-0.39, 0.29) is 18.0 Å². The Bertz CT molecular complexity index is 817. The third-order valence-corrected chi connectivity index (χ3v) is 3.52. The number of carbonyl (C=O) groups excluding carboxylic acids is 1. The number of carbonyl (C=O) groups is 1. The van der Waals surface area contributed by atoms with Crippen molar-refractivity contribution in [3.63, 3.8) is 0 Å². The standard InChI is InChI=1S/C17H18N4O3/c1-2-23-17(22)14-13-15(19-11-20-16(13)24-21-14)18-10-6-9-12-7-4-3-5-8-12/h3-5,7-8,11H,2,6,9-10H2,1H3,(H,18,19,20). The normalized spacial score (nSPS) is 10.7. The number of ether oxygens (including phenoxy) is 1. The van der Waals surface area contributed by atoms with Gasteiger partial charge in [-0.3, -0.25) is 0 Å². The highest BCUT2D eigenvalue weighted by atomic mass is 16.5. The van der Waals surface area contributed by atoms with Gasteiger partial charge in [-0.2, -0.15) is 4.98 Å². The molecular formula is C17H18N4O3. The molecule has 0 fully saturated rings. The Morgan fingerprint density at radius 1 is 1.25 bits per heavy atom. The quantitative estimate of drug-likeness (QED) is 0.527. The van der Waals surface area contributed by atoms with Crippen LogP contribution in [0.2, 0.25) is 0 Å². The van der Waals surface area contributed by atoms with Crippen LogP contribution in [0.25, 0.3) is 11.1 Å². The molecule has 7 heteroatoms. The molecule has 0 aliphatic rings. The van der Waals surface area contributed by atoms with Crippen LogP contribution < -0.4 is 5.32 Å². The molecule has 2 heterocycles. The predicted octanol–water partition coefficient (Wildman–Crippen LogP) is 2.84. The van der Waals surface area contributed by atoms with E-state index >= 15 is 0 Å². The van der Waals surface area contributed by atoms with Crippen LogP contribution >= 0.6 is 0 Å². The van der Waals surface area contributed by atoms with Gasteiger partial charge in [-0.15, -0.1) is 0 Å². The molecular weight excluding hydrogens is 308 g/mol. The first kappa shape index (κ1) is 15.9. The Balaban J connectivity index is 1.70. The third-order valence-electron chi connectivity index (χ3n) is 3.52. The molecule has 24 heavy (non-hydrogen) atoms. The summed E-state index contributed by atoms with van der Waals surface area (Å²) in [6.45, 7) is 2.70. The number of rotatable bonds is 7. The maximum atomic E-state index is 12.0. The summed E-state index contributed by atoms with van der Waals surface area (Å²) in [7, 11) is 0. The fourth-order valence-electron chi connectivity index (χ4n) is 2.40. The summed E-state index contributed by atoms with van der Waals surface area (Å²) in [5, 5.41) is 7.44. The van der Waals surface area contributed by atoms with Gasteiger partial charge in [-0.25, -0.2) is 9.78 Å². The number of nitrogens with one attached hydrogen (secondary N) is 1. The molecule has 7 nitrogen and oxygen atoms in total. The summed E-state index contributed by atoms with van der Waals surface area (Å²) in [6.07, 6.45) is 3.26. The molecule has 0 amide bonds. The number of aryl methyl sites for hydroxylation is 1. The lowest BCUT2D eigenvalue weighted by molar-refractivity contribution is 0.0517. The molecule has 0 saturated carbocycles. The fourth-order valence-corrected chi connectivity index (χ4v) is 2.40. The minimum atomic E-state index is -0.543. The van der Waals surface area contributed by atoms with Crippen molar-refractivity contribution in [3.8, 4) is 0 Å². The molecule has 0 aliphatic heterocycles. The number of benzene rings is 1. The topological polar surface area (TPSA) is 90.1 Å². The van der Waals surface area contributed by atoms with Crippen LogP contribution in [0.15, 0.2) is 41.2 Å². The monoisotopic (exact) mass is 326 g/mol. The number of nitrogens with zero attached hydrogens (tertiary/aromatic N) is 3. The zero-order valence-corrected chi connectivity index (χ0v) is 13.4. The number of fused-ring (bicyclic) bond motifs is 1. The molecule has 3 aromatic rings.